The highest BCUT2D eigenvalue weighted by molar-refractivity contribution is 6.01. The molecule has 3 aliphatic heterocycles. The second kappa shape index (κ2) is 14.8. The molecule has 50 heavy (non-hydrogen) atoms. The molecule has 0 spiro atoms. The van der Waals surface area contributed by atoms with Crippen molar-refractivity contribution >= 4 is 11.8 Å². The standard InChI is InChI=1S/C41H48N4O5/c1-28-20-31-6-4-5-7-33(31)26-45(28)41(48)38-23-34-25-44(13-12-32(34)22-37(38)39-24-35(27-46)29(2)42(39)3)40(47)21-30-8-10-36(11-9-30)50-19-16-43-14-17-49-18-15-43/h4-11,22-24,28,46H,12-21,25-27H2,1-3H3. The molecule has 7 rings (SSSR count). The van der Waals surface area contributed by atoms with E-state index in [9.17, 15) is 14.7 Å². The summed E-state index contributed by atoms with van der Waals surface area (Å²) < 4.78 is 13.4. The minimum atomic E-state index is -0.0599. The van der Waals surface area contributed by atoms with E-state index in [0.29, 0.717) is 44.6 Å². The molecule has 1 atom stereocenters. The van der Waals surface area contributed by atoms with Gasteiger partial charge in [0.15, 0.2) is 0 Å². The zero-order valence-electron chi connectivity index (χ0n) is 29.5. The summed E-state index contributed by atoms with van der Waals surface area (Å²) >= 11 is 0. The van der Waals surface area contributed by atoms with Gasteiger partial charge in [0.05, 0.1) is 26.2 Å². The van der Waals surface area contributed by atoms with Gasteiger partial charge in [0, 0.05) is 74.9 Å². The first-order valence-corrected chi connectivity index (χ1v) is 17.9. The fraction of sp³-hybridized carbons (Fsp3) is 0.415. The summed E-state index contributed by atoms with van der Waals surface area (Å²) in [6.07, 6.45) is 1.83. The third-order valence-corrected chi connectivity index (χ3v) is 10.8. The summed E-state index contributed by atoms with van der Waals surface area (Å²) in [6, 6.07) is 22.4. The van der Waals surface area contributed by atoms with Gasteiger partial charge in [-0.25, -0.2) is 0 Å². The van der Waals surface area contributed by atoms with E-state index in [1.54, 1.807) is 0 Å². The smallest absolute Gasteiger partial charge is 0.255 e. The van der Waals surface area contributed by atoms with Crippen molar-refractivity contribution in [1.29, 1.82) is 0 Å². The van der Waals surface area contributed by atoms with Crippen molar-refractivity contribution in [3.63, 3.8) is 0 Å². The molecule has 1 aromatic heterocycles. The number of rotatable bonds is 9. The Morgan fingerprint density at radius 1 is 0.920 bits per heavy atom. The molecule has 262 valence electrons. The average molecular weight is 677 g/mol. The zero-order chi connectivity index (χ0) is 34.8. The van der Waals surface area contributed by atoms with Crippen LogP contribution in [-0.2, 0) is 55.5 Å². The molecule has 0 saturated carbocycles. The van der Waals surface area contributed by atoms with Crippen LogP contribution in [0.25, 0.3) is 11.3 Å². The molecule has 2 amide bonds. The number of hydrogen-bond donors (Lipinski definition) is 1. The Morgan fingerprint density at radius 3 is 2.42 bits per heavy atom. The molecule has 3 aromatic carbocycles. The van der Waals surface area contributed by atoms with Crippen LogP contribution in [-0.4, -0.2) is 88.2 Å². The zero-order valence-corrected chi connectivity index (χ0v) is 29.5. The van der Waals surface area contributed by atoms with Crippen molar-refractivity contribution in [3.05, 3.63) is 111 Å². The van der Waals surface area contributed by atoms with Crippen molar-refractivity contribution in [1.82, 2.24) is 19.3 Å². The van der Waals surface area contributed by atoms with Crippen LogP contribution in [0.5, 0.6) is 5.75 Å². The van der Waals surface area contributed by atoms with Gasteiger partial charge in [0.2, 0.25) is 5.91 Å². The Bertz CT molecular complexity index is 1860. The summed E-state index contributed by atoms with van der Waals surface area (Å²) in [4.78, 5) is 34.4. The molecule has 4 heterocycles. The predicted octanol–water partition coefficient (Wildman–Crippen LogP) is 4.92. The fourth-order valence-electron chi connectivity index (χ4n) is 7.60. The lowest BCUT2D eigenvalue weighted by Gasteiger charge is -2.36. The van der Waals surface area contributed by atoms with Crippen molar-refractivity contribution in [2.75, 3.05) is 46.0 Å². The highest BCUT2D eigenvalue weighted by Gasteiger charge is 2.31. The number of aliphatic hydroxyl groups excluding tert-OH is 1. The maximum absolute atomic E-state index is 14.6. The first-order valence-electron chi connectivity index (χ1n) is 17.9. The molecular weight excluding hydrogens is 628 g/mol. The number of aliphatic hydroxyl groups is 1. The van der Waals surface area contributed by atoms with Gasteiger partial charge in [0.25, 0.3) is 5.91 Å². The molecule has 0 radical (unpaired) electrons. The molecule has 1 N–H and O–H groups in total. The van der Waals surface area contributed by atoms with Gasteiger partial charge in [-0.1, -0.05) is 36.4 Å². The van der Waals surface area contributed by atoms with Crippen molar-refractivity contribution < 1.29 is 24.2 Å². The van der Waals surface area contributed by atoms with E-state index >= 15 is 0 Å². The lowest BCUT2D eigenvalue weighted by atomic mass is 9.89. The molecular formula is C41H48N4O5. The van der Waals surface area contributed by atoms with E-state index in [1.165, 1.54) is 11.1 Å². The number of nitrogens with zero attached hydrogens (tertiary/aromatic N) is 4. The number of morpholine rings is 1. The third kappa shape index (κ3) is 7.08. The SMILES string of the molecule is Cc1c(CO)cc(-c2cc3c(cc2C(=O)N2Cc4ccccc4CC2C)CN(C(=O)Cc2ccc(OCCN4CCOCC4)cc2)CC3)n1C. The molecule has 9 nitrogen and oxygen atoms in total. The van der Waals surface area contributed by atoms with Gasteiger partial charge >= 0.3 is 0 Å². The monoisotopic (exact) mass is 676 g/mol. The molecule has 9 heteroatoms. The second-order valence-electron chi connectivity index (χ2n) is 14.0. The van der Waals surface area contributed by atoms with E-state index < -0.39 is 0 Å². The molecule has 0 aliphatic carbocycles. The molecule has 1 fully saturated rings. The lowest BCUT2D eigenvalue weighted by Crippen LogP contribution is -2.43. The van der Waals surface area contributed by atoms with Crippen LogP contribution in [0.4, 0.5) is 0 Å². The van der Waals surface area contributed by atoms with Gasteiger partial charge in [-0.2, -0.15) is 0 Å². The summed E-state index contributed by atoms with van der Waals surface area (Å²) in [6.45, 7) is 10.6. The van der Waals surface area contributed by atoms with Gasteiger partial charge in [-0.05, 0) is 90.4 Å². The Kier molecular flexibility index (Phi) is 10.1. The molecule has 3 aliphatic rings. The first kappa shape index (κ1) is 34.0. The third-order valence-electron chi connectivity index (χ3n) is 10.8. The van der Waals surface area contributed by atoms with Gasteiger partial charge < -0.3 is 28.9 Å². The molecule has 1 saturated heterocycles. The number of ether oxygens (including phenoxy) is 2. The van der Waals surface area contributed by atoms with Crippen molar-refractivity contribution in [2.24, 2.45) is 7.05 Å². The van der Waals surface area contributed by atoms with E-state index in [4.69, 9.17) is 9.47 Å². The number of amides is 2. The van der Waals surface area contributed by atoms with E-state index in [-0.39, 0.29) is 24.5 Å². The largest absolute Gasteiger partial charge is 0.492 e. The van der Waals surface area contributed by atoms with Gasteiger partial charge in [-0.3, -0.25) is 14.5 Å². The molecule has 4 aromatic rings. The lowest BCUT2D eigenvalue weighted by molar-refractivity contribution is -0.131. The van der Waals surface area contributed by atoms with Crippen LogP contribution in [0.2, 0.25) is 0 Å². The van der Waals surface area contributed by atoms with Crippen molar-refractivity contribution in [2.45, 2.75) is 58.8 Å². The number of benzene rings is 3. The van der Waals surface area contributed by atoms with Crippen LogP contribution >= 0.6 is 0 Å². The average Bonchev–Trinajstić information content (AvgIpc) is 3.43. The van der Waals surface area contributed by atoms with Crippen LogP contribution < -0.4 is 4.74 Å². The number of carbonyl (C=O) groups excluding carboxylic acids is 2. The second-order valence-corrected chi connectivity index (χ2v) is 14.0. The highest BCUT2D eigenvalue weighted by atomic mass is 16.5. The number of hydrogen-bond acceptors (Lipinski definition) is 6. The topological polar surface area (TPSA) is 87.5 Å². The maximum Gasteiger partial charge on any atom is 0.255 e. The van der Waals surface area contributed by atoms with Crippen molar-refractivity contribution in [3.8, 4) is 17.0 Å². The Labute approximate surface area is 295 Å². The number of aromatic nitrogens is 1. The minimum absolute atomic E-state index is 0.00934. The van der Waals surface area contributed by atoms with Crippen LogP contribution in [0.3, 0.4) is 0 Å². The molecule has 1 unspecified atom stereocenters. The van der Waals surface area contributed by atoms with Crippen LogP contribution in [0.15, 0.2) is 66.7 Å². The van der Waals surface area contributed by atoms with E-state index in [0.717, 1.165) is 84.2 Å². The Hall–Kier alpha value is -4.44. The number of fused-ring (bicyclic) bond motifs is 2. The minimum Gasteiger partial charge on any atom is -0.492 e. The number of carbonyl (C=O) groups is 2. The summed E-state index contributed by atoms with van der Waals surface area (Å²) in [5, 5.41) is 10.0. The van der Waals surface area contributed by atoms with Crippen LogP contribution in [0, 0.1) is 6.92 Å². The fourth-order valence-corrected chi connectivity index (χ4v) is 7.60. The summed E-state index contributed by atoms with van der Waals surface area (Å²) in [5.41, 5.74) is 9.84. The Balaban J connectivity index is 1.09. The predicted molar refractivity (Wildman–Crippen MR) is 193 cm³/mol. The van der Waals surface area contributed by atoms with Crippen LogP contribution in [0.1, 0.15) is 56.4 Å². The normalized spacial score (nSPS) is 17.7. The van der Waals surface area contributed by atoms with E-state index in [2.05, 4.69) is 40.7 Å². The van der Waals surface area contributed by atoms with E-state index in [1.807, 2.05) is 66.2 Å². The first-order chi connectivity index (χ1) is 24.3. The maximum atomic E-state index is 14.6. The summed E-state index contributed by atoms with van der Waals surface area (Å²) in [5.74, 6) is 0.866. The summed E-state index contributed by atoms with van der Waals surface area (Å²) in [7, 11) is 1.99. The molecule has 0 bridgehead atoms. The Morgan fingerprint density at radius 2 is 1.68 bits per heavy atom. The quantitative estimate of drug-likeness (QED) is 0.271. The van der Waals surface area contributed by atoms with Gasteiger partial charge in [0.1, 0.15) is 12.4 Å². The highest BCUT2D eigenvalue weighted by Crippen LogP contribution is 2.35. The van der Waals surface area contributed by atoms with Gasteiger partial charge in [-0.15, -0.1) is 0 Å².